The van der Waals surface area contributed by atoms with Crippen molar-refractivity contribution in [2.45, 2.75) is 19.3 Å². The highest BCUT2D eigenvalue weighted by Gasteiger charge is 2.14. The molecule has 4 heteroatoms. The zero-order valence-electron chi connectivity index (χ0n) is 13.1. The standard InChI is InChI=1S/C20H17FO3/c21-18-7-2-1-4-15(18)10-11-20(23)24-13-19(22)17-9-8-14-5-3-6-16(14)12-17/h1-2,4,7-12H,3,5-6,13H2/b11-10+. The maximum absolute atomic E-state index is 13.4. The molecule has 0 spiro atoms. The Balaban J connectivity index is 1.56. The zero-order valence-corrected chi connectivity index (χ0v) is 13.1. The second-order valence-electron chi connectivity index (χ2n) is 5.72. The summed E-state index contributed by atoms with van der Waals surface area (Å²) < 4.78 is 18.4. The van der Waals surface area contributed by atoms with Gasteiger partial charge in [-0.25, -0.2) is 9.18 Å². The molecule has 1 aliphatic rings. The van der Waals surface area contributed by atoms with E-state index in [2.05, 4.69) is 0 Å². The number of rotatable bonds is 5. The van der Waals surface area contributed by atoms with E-state index in [-0.39, 0.29) is 12.4 Å². The summed E-state index contributed by atoms with van der Waals surface area (Å²) in [6.45, 7) is -0.320. The Labute approximate surface area is 139 Å². The highest BCUT2D eigenvalue weighted by molar-refractivity contribution is 5.99. The minimum atomic E-state index is -0.673. The molecule has 24 heavy (non-hydrogen) atoms. The van der Waals surface area contributed by atoms with E-state index in [0.717, 1.165) is 25.3 Å². The molecule has 2 aromatic rings. The van der Waals surface area contributed by atoms with Gasteiger partial charge in [-0.2, -0.15) is 0 Å². The quantitative estimate of drug-likeness (QED) is 0.478. The van der Waals surface area contributed by atoms with Gasteiger partial charge in [0.25, 0.3) is 0 Å². The third-order valence-electron chi connectivity index (χ3n) is 4.07. The van der Waals surface area contributed by atoms with Gasteiger partial charge in [0.05, 0.1) is 0 Å². The maximum Gasteiger partial charge on any atom is 0.331 e. The Bertz CT molecular complexity index is 808. The fourth-order valence-electron chi connectivity index (χ4n) is 2.78. The average molecular weight is 324 g/mol. The fraction of sp³-hybridized carbons (Fsp3) is 0.200. The lowest BCUT2D eigenvalue weighted by Crippen LogP contribution is -2.12. The number of fused-ring (bicyclic) bond motifs is 1. The summed E-state index contributed by atoms with van der Waals surface area (Å²) in [6, 6.07) is 11.7. The van der Waals surface area contributed by atoms with E-state index in [4.69, 9.17) is 4.74 Å². The van der Waals surface area contributed by atoms with E-state index in [1.54, 1.807) is 24.3 Å². The third-order valence-corrected chi connectivity index (χ3v) is 4.07. The Morgan fingerprint density at radius 2 is 1.88 bits per heavy atom. The summed E-state index contributed by atoms with van der Waals surface area (Å²) in [6.07, 6.45) is 5.61. The van der Waals surface area contributed by atoms with Crippen LogP contribution < -0.4 is 0 Å². The van der Waals surface area contributed by atoms with Crippen LogP contribution in [0.1, 0.15) is 33.5 Å². The molecule has 0 saturated carbocycles. The van der Waals surface area contributed by atoms with E-state index >= 15 is 0 Å². The van der Waals surface area contributed by atoms with Crippen molar-refractivity contribution in [3.63, 3.8) is 0 Å². The van der Waals surface area contributed by atoms with Crippen molar-refractivity contribution in [1.29, 1.82) is 0 Å². The predicted octanol–water partition coefficient (Wildman–Crippen LogP) is 3.75. The molecular formula is C20H17FO3. The Kier molecular flexibility index (Phi) is 4.85. The first-order valence-corrected chi connectivity index (χ1v) is 7.88. The summed E-state index contributed by atoms with van der Waals surface area (Å²) in [7, 11) is 0. The van der Waals surface area contributed by atoms with Gasteiger partial charge >= 0.3 is 5.97 Å². The first-order valence-electron chi connectivity index (χ1n) is 7.88. The first-order chi connectivity index (χ1) is 11.6. The summed E-state index contributed by atoms with van der Waals surface area (Å²) in [4.78, 5) is 23.8. The van der Waals surface area contributed by atoms with Gasteiger partial charge in [-0.3, -0.25) is 4.79 Å². The number of ether oxygens (including phenoxy) is 1. The largest absolute Gasteiger partial charge is 0.454 e. The van der Waals surface area contributed by atoms with E-state index < -0.39 is 11.8 Å². The maximum atomic E-state index is 13.4. The number of Topliss-reactive ketones (excluding diaryl/α,β-unsaturated/α-hetero) is 1. The number of carbonyl (C=O) groups is 2. The summed E-state index contributed by atoms with van der Waals surface area (Å²) in [5.41, 5.74) is 3.34. The minimum absolute atomic E-state index is 0.239. The smallest absolute Gasteiger partial charge is 0.331 e. The van der Waals surface area contributed by atoms with Gasteiger partial charge in [-0.05, 0) is 48.6 Å². The topological polar surface area (TPSA) is 43.4 Å². The highest BCUT2D eigenvalue weighted by Crippen LogP contribution is 2.23. The molecular weight excluding hydrogens is 307 g/mol. The van der Waals surface area contributed by atoms with Crippen LogP contribution in [-0.4, -0.2) is 18.4 Å². The molecule has 3 rings (SSSR count). The van der Waals surface area contributed by atoms with Crippen molar-refractivity contribution < 1.29 is 18.7 Å². The normalized spacial score (nSPS) is 13.0. The summed E-state index contributed by atoms with van der Waals surface area (Å²) in [5, 5.41) is 0. The van der Waals surface area contributed by atoms with Gasteiger partial charge in [0.15, 0.2) is 12.4 Å². The predicted molar refractivity (Wildman–Crippen MR) is 89.2 cm³/mol. The number of halogens is 1. The lowest BCUT2D eigenvalue weighted by Gasteiger charge is -2.05. The molecule has 0 radical (unpaired) electrons. The van der Waals surface area contributed by atoms with Gasteiger partial charge in [-0.15, -0.1) is 0 Å². The van der Waals surface area contributed by atoms with Crippen molar-refractivity contribution in [1.82, 2.24) is 0 Å². The number of esters is 1. The molecule has 1 aliphatic carbocycles. The third kappa shape index (κ3) is 3.77. The van der Waals surface area contributed by atoms with E-state index in [1.165, 1.54) is 23.3 Å². The molecule has 0 unspecified atom stereocenters. The van der Waals surface area contributed by atoms with Crippen LogP contribution in [0.4, 0.5) is 4.39 Å². The van der Waals surface area contributed by atoms with Gasteiger partial charge in [0.2, 0.25) is 0 Å². The molecule has 0 saturated heterocycles. The Morgan fingerprint density at radius 1 is 1.08 bits per heavy atom. The van der Waals surface area contributed by atoms with Crippen LogP contribution >= 0.6 is 0 Å². The average Bonchev–Trinajstić information content (AvgIpc) is 3.06. The lowest BCUT2D eigenvalue weighted by atomic mass is 10.0. The number of benzene rings is 2. The van der Waals surface area contributed by atoms with Gasteiger partial charge in [-0.1, -0.05) is 30.3 Å². The Morgan fingerprint density at radius 3 is 2.71 bits per heavy atom. The lowest BCUT2D eigenvalue weighted by molar-refractivity contribution is -0.136. The molecule has 0 aromatic heterocycles. The van der Waals surface area contributed by atoms with Crippen LogP contribution in [0, 0.1) is 5.82 Å². The minimum Gasteiger partial charge on any atom is -0.454 e. The molecule has 0 N–H and O–H groups in total. The molecule has 0 atom stereocenters. The van der Waals surface area contributed by atoms with Crippen molar-refractivity contribution >= 4 is 17.8 Å². The molecule has 0 aliphatic heterocycles. The van der Waals surface area contributed by atoms with Gasteiger partial charge in [0, 0.05) is 17.2 Å². The van der Waals surface area contributed by atoms with Gasteiger partial charge < -0.3 is 4.74 Å². The zero-order chi connectivity index (χ0) is 16.9. The van der Waals surface area contributed by atoms with Crippen molar-refractivity contribution in [3.8, 4) is 0 Å². The molecule has 0 heterocycles. The molecule has 0 fully saturated rings. The molecule has 122 valence electrons. The van der Waals surface area contributed by atoms with Crippen LogP contribution in [0.15, 0.2) is 48.5 Å². The summed E-state index contributed by atoms with van der Waals surface area (Å²) >= 11 is 0. The SMILES string of the molecule is O=C(/C=C/c1ccccc1F)OCC(=O)c1ccc2c(c1)CCC2. The molecule has 0 amide bonds. The molecule has 3 nitrogen and oxygen atoms in total. The highest BCUT2D eigenvalue weighted by atomic mass is 19.1. The van der Waals surface area contributed by atoms with E-state index in [9.17, 15) is 14.0 Å². The molecule has 0 bridgehead atoms. The van der Waals surface area contributed by atoms with Crippen molar-refractivity contribution in [2.24, 2.45) is 0 Å². The first kappa shape index (κ1) is 16.1. The number of hydrogen-bond acceptors (Lipinski definition) is 3. The Hall–Kier alpha value is -2.75. The van der Waals surface area contributed by atoms with Crippen LogP contribution in [0.3, 0.4) is 0 Å². The number of carbonyl (C=O) groups excluding carboxylic acids is 2. The van der Waals surface area contributed by atoms with Crippen LogP contribution in [0.5, 0.6) is 0 Å². The summed E-state index contributed by atoms with van der Waals surface area (Å²) in [5.74, 6) is -1.33. The number of aryl methyl sites for hydroxylation is 2. The van der Waals surface area contributed by atoms with Crippen LogP contribution in [0.25, 0.3) is 6.08 Å². The second-order valence-corrected chi connectivity index (χ2v) is 5.72. The van der Waals surface area contributed by atoms with Crippen molar-refractivity contribution in [3.05, 3.63) is 76.6 Å². The van der Waals surface area contributed by atoms with E-state index in [0.29, 0.717) is 11.1 Å². The van der Waals surface area contributed by atoms with Crippen molar-refractivity contribution in [2.75, 3.05) is 6.61 Å². The van der Waals surface area contributed by atoms with E-state index in [1.807, 2.05) is 12.1 Å². The molecule has 2 aromatic carbocycles. The van der Waals surface area contributed by atoms with Crippen LogP contribution in [-0.2, 0) is 22.4 Å². The number of hydrogen-bond donors (Lipinski definition) is 0. The van der Waals surface area contributed by atoms with Crippen LogP contribution in [0.2, 0.25) is 0 Å². The fourth-order valence-corrected chi connectivity index (χ4v) is 2.78. The monoisotopic (exact) mass is 324 g/mol. The second kappa shape index (κ2) is 7.21. The van der Waals surface area contributed by atoms with Gasteiger partial charge in [0.1, 0.15) is 5.82 Å². The number of ketones is 1.